The Morgan fingerprint density at radius 3 is 1.61 bits per heavy atom. The van der Waals surface area contributed by atoms with Gasteiger partial charge in [-0.1, -0.05) is 147 Å². The Labute approximate surface area is 294 Å². The minimum atomic E-state index is -5.12. The van der Waals surface area contributed by atoms with Crippen molar-refractivity contribution in [3.05, 3.63) is 35.9 Å². The Morgan fingerprint density at radius 2 is 1.14 bits per heavy atom. The molecule has 0 saturated carbocycles. The number of esters is 1. The van der Waals surface area contributed by atoms with Crippen molar-refractivity contribution in [1.29, 1.82) is 0 Å². The van der Waals surface area contributed by atoms with Crippen molar-refractivity contribution < 1.29 is 37.7 Å². The van der Waals surface area contributed by atoms with Crippen molar-refractivity contribution in [3.8, 4) is 0 Å². The minimum absolute atomic E-state index is 0.0229. The number of hydrogen-bond acceptors (Lipinski definition) is 6. The fourth-order valence-corrected chi connectivity index (χ4v) is 6.07. The van der Waals surface area contributed by atoms with Gasteiger partial charge >= 0.3 is 18.1 Å². The SMILES string of the molecule is CCCCCCCCCC[C@@H](O)CN(CCCCC(NC(=O)C(F)(F)F)C(=O)OCc1ccccc1)C[C@H](O)CCCCCCCCCC. The highest BCUT2D eigenvalue weighted by molar-refractivity contribution is 5.87. The van der Waals surface area contributed by atoms with E-state index in [0.29, 0.717) is 50.9 Å². The Bertz CT molecular complexity index is 922. The normalized spacial score (nSPS) is 13.7. The maximum absolute atomic E-state index is 13.0. The first-order valence-corrected chi connectivity index (χ1v) is 19.2. The molecule has 0 spiro atoms. The van der Waals surface area contributed by atoms with Gasteiger partial charge in [0.15, 0.2) is 0 Å². The van der Waals surface area contributed by atoms with Crippen LogP contribution in [-0.4, -0.2) is 71.0 Å². The summed E-state index contributed by atoms with van der Waals surface area (Å²) in [5, 5.41) is 23.5. The second-order valence-electron chi connectivity index (χ2n) is 13.7. The van der Waals surface area contributed by atoms with Gasteiger partial charge in [-0.2, -0.15) is 13.2 Å². The topological polar surface area (TPSA) is 99.1 Å². The highest BCUT2D eigenvalue weighted by Gasteiger charge is 2.41. The highest BCUT2D eigenvalue weighted by Crippen LogP contribution is 2.18. The standard InChI is InChI=1S/C39H67F3N2O5/c1-3-5-7-9-11-13-15-20-26-34(45)30-44(31-35(46)27-21-16-14-12-10-8-6-4-2)29-23-22-28-36(43-38(48)39(40,41)42)37(47)49-32-33-24-18-17-19-25-33/h17-19,24-25,34-36,45-46H,3-16,20-23,26-32H2,1-2H3,(H,43,48)/t34-,35-,36?/m1/s1. The van der Waals surface area contributed by atoms with E-state index < -0.39 is 36.3 Å². The zero-order valence-electron chi connectivity index (χ0n) is 30.5. The fourth-order valence-electron chi connectivity index (χ4n) is 6.07. The number of hydrogen-bond donors (Lipinski definition) is 3. The van der Waals surface area contributed by atoms with Crippen LogP contribution in [0.3, 0.4) is 0 Å². The molecule has 0 aliphatic heterocycles. The number of halogens is 3. The van der Waals surface area contributed by atoms with E-state index in [1.165, 1.54) is 64.2 Å². The zero-order valence-corrected chi connectivity index (χ0v) is 30.5. The fraction of sp³-hybridized carbons (Fsp3) is 0.795. The molecule has 0 aromatic heterocycles. The van der Waals surface area contributed by atoms with Gasteiger partial charge in [-0.25, -0.2) is 4.79 Å². The maximum atomic E-state index is 13.0. The largest absolute Gasteiger partial charge is 0.471 e. The molecule has 0 aliphatic carbocycles. The Kier molecular flexibility index (Phi) is 26.1. The van der Waals surface area contributed by atoms with Crippen LogP contribution in [0.1, 0.15) is 154 Å². The van der Waals surface area contributed by atoms with Gasteiger partial charge in [0.2, 0.25) is 0 Å². The Balaban J connectivity index is 2.66. The summed E-state index contributed by atoms with van der Waals surface area (Å²) in [6.07, 6.45) is 14.9. The summed E-state index contributed by atoms with van der Waals surface area (Å²) < 4.78 is 44.3. The summed E-state index contributed by atoms with van der Waals surface area (Å²) in [6, 6.07) is 7.35. The molecule has 0 fully saturated rings. The number of benzene rings is 1. The summed E-state index contributed by atoms with van der Waals surface area (Å²) >= 11 is 0. The van der Waals surface area contributed by atoms with Crippen LogP contribution in [0, 0.1) is 0 Å². The Hall–Kier alpha value is -2.17. The van der Waals surface area contributed by atoms with Crippen LogP contribution in [-0.2, 0) is 20.9 Å². The molecule has 10 heteroatoms. The number of ether oxygens (including phenoxy) is 1. The number of nitrogens with one attached hydrogen (secondary N) is 1. The lowest BCUT2D eigenvalue weighted by Gasteiger charge is -2.28. The van der Waals surface area contributed by atoms with E-state index in [9.17, 15) is 33.0 Å². The average molecular weight is 701 g/mol. The molecule has 1 unspecified atom stereocenters. The molecular weight excluding hydrogens is 633 g/mol. The molecule has 0 saturated heterocycles. The molecular formula is C39H67F3N2O5. The van der Waals surface area contributed by atoms with Crippen LogP contribution >= 0.6 is 0 Å². The number of carbonyl (C=O) groups is 2. The molecule has 0 bridgehead atoms. The second kappa shape index (κ2) is 28.5. The zero-order chi connectivity index (χ0) is 36.2. The molecule has 3 atom stereocenters. The van der Waals surface area contributed by atoms with Crippen LogP contribution in [0.15, 0.2) is 30.3 Å². The molecule has 49 heavy (non-hydrogen) atoms. The molecule has 0 heterocycles. The Morgan fingerprint density at radius 1 is 0.694 bits per heavy atom. The number of nitrogens with zero attached hydrogens (tertiary/aromatic N) is 1. The number of aliphatic hydroxyl groups excluding tert-OH is 2. The number of amides is 1. The number of aliphatic hydroxyl groups is 2. The van der Waals surface area contributed by atoms with E-state index in [1.807, 2.05) is 10.2 Å². The van der Waals surface area contributed by atoms with Crippen LogP contribution in [0.4, 0.5) is 13.2 Å². The summed E-state index contributed by atoms with van der Waals surface area (Å²) in [7, 11) is 0. The number of unbranched alkanes of at least 4 members (excludes halogenated alkanes) is 15. The maximum Gasteiger partial charge on any atom is 0.471 e. The van der Waals surface area contributed by atoms with Crippen molar-refractivity contribution in [2.24, 2.45) is 0 Å². The molecule has 1 aromatic carbocycles. The summed E-state index contributed by atoms with van der Waals surface area (Å²) in [6.45, 7) is 5.61. The van der Waals surface area contributed by atoms with Crippen LogP contribution < -0.4 is 5.32 Å². The van der Waals surface area contributed by atoms with Crippen molar-refractivity contribution in [1.82, 2.24) is 10.2 Å². The monoisotopic (exact) mass is 701 g/mol. The molecule has 0 radical (unpaired) electrons. The lowest BCUT2D eigenvalue weighted by atomic mass is 10.0. The molecule has 284 valence electrons. The molecule has 0 aliphatic rings. The van der Waals surface area contributed by atoms with Crippen molar-refractivity contribution in [3.63, 3.8) is 0 Å². The highest BCUT2D eigenvalue weighted by atomic mass is 19.4. The predicted molar refractivity (Wildman–Crippen MR) is 191 cm³/mol. The van der Waals surface area contributed by atoms with Gasteiger partial charge in [-0.3, -0.25) is 9.69 Å². The third-order valence-corrected chi connectivity index (χ3v) is 9.01. The quantitative estimate of drug-likeness (QED) is 0.0528. The minimum Gasteiger partial charge on any atom is -0.459 e. The van der Waals surface area contributed by atoms with Gasteiger partial charge in [-0.15, -0.1) is 0 Å². The predicted octanol–water partition coefficient (Wildman–Crippen LogP) is 9.03. The smallest absolute Gasteiger partial charge is 0.459 e. The number of carbonyl (C=O) groups excluding carboxylic acids is 2. The van der Waals surface area contributed by atoms with Gasteiger partial charge < -0.3 is 20.3 Å². The van der Waals surface area contributed by atoms with Gasteiger partial charge in [0.05, 0.1) is 12.2 Å². The summed E-state index contributed by atoms with van der Waals surface area (Å²) in [5.74, 6) is -3.09. The first-order valence-electron chi connectivity index (χ1n) is 19.2. The first kappa shape index (κ1) is 44.9. The second-order valence-corrected chi connectivity index (χ2v) is 13.7. The van der Waals surface area contributed by atoms with Crippen LogP contribution in [0.5, 0.6) is 0 Å². The molecule has 1 rings (SSSR count). The average Bonchev–Trinajstić information content (AvgIpc) is 3.07. The lowest BCUT2D eigenvalue weighted by Crippen LogP contribution is -2.47. The lowest BCUT2D eigenvalue weighted by molar-refractivity contribution is -0.176. The van der Waals surface area contributed by atoms with Gasteiger partial charge in [0.1, 0.15) is 12.6 Å². The van der Waals surface area contributed by atoms with Crippen molar-refractivity contribution in [2.45, 2.75) is 180 Å². The van der Waals surface area contributed by atoms with Crippen LogP contribution in [0.2, 0.25) is 0 Å². The molecule has 7 nitrogen and oxygen atoms in total. The van der Waals surface area contributed by atoms with Crippen LogP contribution in [0.25, 0.3) is 0 Å². The van der Waals surface area contributed by atoms with E-state index >= 15 is 0 Å². The summed E-state index contributed by atoms with van der Waals surface area (Å²) in [5.41, 5.74) is 0.684. The van der Waals surface area contributed by atoms with Gasteiger partial charge in [-0.05, 0) is 44.2 Å². The molecule has 3 N–H and O–H groups in total. The first-order chi connectivity index (χ1) is 23.6. The molecule has 1 amide bonds. The number of rotatable bonds is 31. The summed E-state index contributed by atoms with van der Waals surface area (Å²) in [4.78, 5) is 26.5. The molecule has 1 aromatic rings. The van der Waals surface area contributed by atoms with E-state index in [0.717, 1.165) is 38.5 Å². The van der Waals surface area contributed by atoms with Crippen molar-refractivity contribution in [2.75, 3.05) is 19.6 Å². The van der Waals surface area contributed by atoms with Crippen molar-refractivity contribution >= 4 is 11.9 Å². The van der Waals surface area contributed by atoms with E-state index in [2.05, 4.69) is 13.8 Å². The van der Waals surface area contributed by atoms with Gasteiger partial charge in [0.25, 0.3) is 0 Å². The van der Waals surface area contributed by atoms with E-state index in [1.54, 1.807) is 30.3 Å². The van der Waals surface area contributed by atoms with E-state index in [4.69, 9.17) is 4.74 Å². The third kappa shape index (κ3) is 24.6. The number of alkyl halides is 3. The van der Waals surface area contributed by atoms with E-state index in [-0.39, 0.29) is 13.0 Å². The van der Waals surface area contributed by atoms with Gasteiger partial charge in [0, 0.05) is 13.1 Å². The third-order valence-electron chi connectivity index (χ3n) is 9.01.